The molecule has 1 heterocycles. The van der Waals surface area contributed by atoms with Gasteiger partial charge in [0.05, 0.1) is 10.9 Å². The van der Waals surface area contributed by atoms with Gasteiger partial charge in [-0.25, -0.2) is 4.79 Å². The molecular formula is C12H22N2O3S. The zero-order valence-corrected chi connectivity index (χ0v) is 12.2. The molecule has 2 N–H and O–H groups in total. The van der Waals surface area contributed by atoms with Gasteiger partial charge in [0.1, 0.15) is 6.04 Å². The molecule has 0 radical (unpaired) electrons. The zero-order valence-electron chi connectivity index (χ0n) is 11.4. The van der Waals surface area contributed by atoms with Crippen LogP contribution in [0.1, 0.15) is 33.6 Å². The van der Waals surface area contributed by atoms with E-state index in [9.17, 15) is 14.7 Å². The Kier molecular flexibility index (Phi) is 5.04. The molecule has 1 aliphatic heterocycles. The summed E-state index contributed by atoms with van der Waals surface area (Å²) in [5, 5.41) is 12.2. The predicted molar refractivity (Wildman–Crippen MR) is 72.6 cm³/mol. The van der Waals surface area contributed by atoms with Crippen LogP contribution in [-0.2, 0) is 9.59 Å². The Hall–Kier alpha value is -0.750. The van der Waals surface area contributed by atoms with Crippen molar-refractivity contribution in [2.75, 3.05) is 12.8 Å². The Labute approximate surface area is 112 Å². The second kappa shape index (κ2) is 5.93. The average molecular weight is 274 g/mol. The van der Waals surface area contributed by atoms with Gasteiger partial charge in [-0.05, 0) is 27.3 Å². The number of carboxylic acid groups (broad SMARTS) is 1. The second-order valence-electron chi connectivity index (χ2n) is 5.02. The number of likely N-dealkylation sites (N-methyl/N-ethyl adjacent to an activating group) is 1. The Morgan fingerprint density at radius 2 is 2.11 bits per heavy atom. The number of carbonyl (C=O) groups excluding carboxylic acids is 1. The summed E-state index contributed by atoms with van der Waals surface area (Å²) in [7, 11) is 1.71. The minimum Gasteiger partial charge on any atom is -0.480 e. The predicted octanol–water partition coefficient (Wildman–Crippen LogP) is 1.14. The molecule has 0 aromatic heterocycles. The molecule has 18 heavy (non-hydrogen) atoms. The van der Waals surface area contributed by atoms with Crippen molar-refractivity contribution >= 4 is 23.6 Å². The number of hydrogen-bond donors (Lipinski definition) is 2. The minimum absolute atomic E-state index is 0.0174. The number of carboxylic acids is 1. The topological polar surface area (TPSA) is 69.6 Å². The van der Waals surface area contributed by atoms with Crippen LogP contribution < -0.4 is 5.32 Å². The average Bonchev–Trinajstić information content (AvgIpc) is 2.72. The molecule has 1 fully saturated rings. The highest BCUT2D eigenvalue weighted by Gasteiger charge is 2.45. The third-order valence-electron chi connectivity index (χ3n) is 3.31. The molecule has 2 atom stereocenters. The molecule has 1 rings (SSSR count). The van der Waals surface area contributed by atoms with Crippen molar-refractivity contribution in [3.05, 3.63) is 0 Å². The smallest absolute Gasteiger partial charge is 0.327 e. The first-order valence-electron chi connectivity index (χ1n) is 6.21. The molecule has 0 bridgehead atoms. The first-order valence-corrected chi connectivity index (χ1v) is 7.26. The van der Waals surface area contributed by atoms with Gasteiger partial charge in [0.2, 0.25) is 5.91 Å². The van der Waals surface area contributed by atoms with Crippen LogP contribution in [-0.4, -0.2) is 51.6 Å². The van der Waals surface area contributed by atoms with Crippen molar-refractivity contribution in [3.63, 3.8) is 0 Å². The standard InChI is InChI=1S/C12H22N2O3S/c1-5-6-9-14(8(7-18-9)10(15)16)11(17)12(2,3)13-4/h8-9,13H,5-7H2,1-4H3,(H,15,16). The number of nitrogens with one attached hydrogen (secondary N) is 1. The van der Waals surface area contributed by atoms with Gasteiger partial charge >= 0.3 is 5.97 Å². The van der Waals surface area contributed by atoms with Gasteiger partial charge in [0.15, 0.2) is 0 Å². The quantitative estimate of drug-likeness (QED) is 0.787. The number of aliphatic carboxylic acids is 1. The van der Waals surface area contributed by atoms with Crippen LogP contribution in [0.25, 0.3) is 0 Å². The number of amides is 1. The van der Waals surface area contributed by atoms with Gasteiger partial charge in [-0.2, -0.15) is 0 Å². The summed E-state index contributed by atoms with van der Waals surface area (Å²) in [6.07, 6.45) is 1.77. The summed E-state index contributed by atoms with van der Waals surface area (Å²) >= 11 is 1.56. The van der Waals surface area contributed by atoms with Crippen molar-refractivity contribution in [2.24, 2.45) is 0 Å². The van der Waals surface area contributed by atoms with Gasteiger partial charge in [0.25, 0.3) is 0 Å². The van der Waals surface area contributed by atoms with Crippen molar-refractivity contribution in [1.29, 1.82) is 0 Å². The number of hydrogen-bond acceptors (Lipinski definition) is 4. The fourth-order valence-electron chi connectivity index (χ4n) is 1.93. The van der Waals surface area contributed by atoms with Crippen LogP contribution >= 0.6 is 11.8 Å². The van der Waals surface area contributed by atoms with Gasteiger partial charge in [-0.15, -0.1) is 11.8 Å². The molecule has 0 saturated carbocycles. The van der Waals surface area contributed by atoms with Crippen LogP contribution in [0.15, 0.2) is 0 Å². The lowest BCUT2D eigenvalue weighted by Crippen LogP contribution is -2.57. The normalized spacial score (nSPS) is 24.3. The molecule has 5 nitrogen and oxygen atoms in total. The largest absolute Gasteiger partial charge is 0.480 e. The maximum absolute atomic E-state index is 12.5. The number of thioether (sulfide) groups is 1. The van der Waals surface area contributed by atoms with E-state index in [0.29, 0.717) is 5.75 Å². The molecule has 0 aromatic carbocycles. The Morgan fingerprint density at radius 1 is 1.50 bits per heavy atom. The molecule has 2 unspecified atom stereocenters. The molecule has 0 spiro atoms. The van der Waals surface area contributed by atoms with Gasteiger partial charge < -0.3 is 15.3 Å². The second-order valence-corrected chi connectivity index (χ2v) is 6.23. The van der Waals surface area contributed by atoms with E-state index in [2.05, 4.69) is 5.32 Å². The van der Waals surface area contributed by atoms with E-state index in [-0.39, 0.29) is 11.3 Å². The first-order chi connectivity index (χ1) is 8.35. The van der Waals surface area contributed by atoms with E-state index in [1.807, 2.05) is 6.92 Å². The molecule has 0 aliphatic carbocycles. The minimum atomic E-state index is -0.915. The van der Waals surface area contributed by atoms with Crippen LogP contribution in [0.4, 0.5) is 0 Å². The zero-order chi connectivity index (χ0) is 13.9. The highest BCUT2D eigenvalue weighted by Crippen LogP contribution is 2.33. The fraction of sp³-hybridized carbons (Fsp3) is 0.833. The van der Waals surface area contributed by atoms with Crippen LogP contribution in [0, 0.1) is 0 Å². The van der Waals surface area contributed by atoms with E-state index in [1.165, 1.54) is 0 Å². The maximum Gasteiger partial charge on any atom is 0.327 e. The first kappa shape index (κ1) is 15.3. The molecule has 1 amide bonds. The van der Waals surface area contributed by atoms with Gasteiger partial charge in [-0.1, -0.05) is 13.3 Å². The molecule has 104 valence electrons. The SMILES string of the molecule is CCCC1SCC(C(=O)O)N1C(=O)C(C)(C)NC. The highest BCUT2D eigenvalue weighted by molar-refractivity contribution is 8.00. The third kappa shape index (κ3) is 2.98. The van der Waals surface area contributed by atoms with Crippen molar-refractivity contribution in [1.82, 2.24) is 10.2 Å². The van der Waals surface area contributed by atoms with E-state index >= 15 is 0 Å². The van der Waals surface area contributed by atoms with Gasteiger partial charge in [-0.3, -0.25) is 4.79 Å². The third-order valence-corrected chi connectivity index (χ3v) is 4.66. The monoisotopic (exact) mass is 274 g/mol. The lowest BCUT2D eigenvalue weighted by Gasteiger charge is -2.34. The van der Waals surface area contributed by atoms with Crippen LogP contribution in [0.2, 0.25) is 0 Å². The summed E-state index contributed by atoms with van der Waals surface area (Å²) in [4.78, 5) is 25.3. The Balaban J connectivity index is 2.96. The fourth-order valence-corrected chi connectivity index (χ4v) is 3.44. The Morgan fingerprint density at radius 3 is 2.56 bits per heavy atom. The summed E-state index contributed by atoms with van der Waals surface area (Å²) in [6, 6.07) is -0.702. The van der Waals surface area contributed by atoms with Crippen LogP contribution in [0.3, 0.4) is 0 Å². The Bertz CT molecular complexity index is 333. The molecule has 1 saturated heterocycles. The number of carbonyl (C=O) groups is 2. The number of nitrogens with zero attached hydrogens (tertiary/aromatic N) is 1. The maximum atomic E-state index is 12.5. The van der Waals surface area contributed by atoms with Crippen molar-refractivity contribution in [2.45, 2.75) is 50.6 Å². The molecular weight excluding hydrogens is 252 g/mol. The van der Waals surface area contributed by atoms with E-state index in [4.69, 9.17) is 0 Å². The summed E-state index contributed by atoms with van der Waals surface area (Å²) in [5.74, 6) is -0.576. The van der Waals surface area contributed by atoms with E-state index < -0.39 is 17.6 Å². The molecule has 0 aromatic rings. The van der Waals surface area contributed by atoms with Crippen molar-refractivity contribution in [3.8, 4) is 0 Å². The number of rotatable bonds is 5. The summed E-state index contributed by atoms with van der Waals surface area (Å²) < 4.78 is 0. The van der Waals surface area contributed by atoms with Crippen LogP contribution in [0.5, 0.6) is 0 Å². The highest BCUT2D eigenvalue weighted by atomic mass is 32.2. The van der Waals surface area contributed by atoms with E-state index in [0.717, 1.165) is 12.8 Å². The van der Waals surface area contributed by atoms with Gasteiger partial charge in [0, 0.05) is 5.75 Å². The molecule has 6 heteroatoms. The van der Waals surface area contributed by atoms with Crippen molar-refractivity contribution < 1.29 is 14.7 Å². The lowest BCUT2D eigenvalue weighted by molar-refractivity contribution is -0.151. The lowest BCUT2D eigenvalue weighted by atomic mass is 10.0. The summed E-state index contributed by atoms with van der Waals surface area (Å²) in [6.45, 7) is 5.60. The van der Waals surface area contributed by atoms with E-state index in [1.54, 1.807) is 37.6 Å². The summed E-state index contributed by atoms with van der Waals surface area (Å²) in [5.41, 5.74) is -0.732. The molecule has 1 aliphatic rings.